The van der Waals surface area contributed by atoms with Gasteiger partial charge in [-0.25, -0.2) is 13.2 Å². The lowest BCUT2D eigenvalue weighted by Gasteiger charge is -2.36. The third-order valence-electron chi connectivity index (χ3n) is 7.93. The molecule has 1 fully saturated rings. The second-order valence-electron chi connectivity index (χ2n) is 9.88. The molecule has 0 aromatic heterocycles. The molecule has 0 amide bonds. The van der Waals surface area contributed by atoms with Gasteiger partial charge in [-0.3, -0.25) is 14.4 Å². The molecule has 8 nitrogen and oxygen atoms in total. The van der Waals surface area contributed by atoms with E-state index in [2.05, 4.69) is 0 Å². The van der Waals surface area contributed by atoms with Crippen molar-refractivity contribution in [3.8, 4) is 0 Å². The van der Waals surface area contributed by atoms with Crippen LogP contribution in [0.1, 0.15) is 50.2 Å². The molecule has 5 rings (SSSR count). The fourth-order valence-electron chi connectivity index (χ4n) is 6.40. The number of hydrogen-bond acceptors (Lipinski definition) is 6. The van der Waals surface area contributed by atoms with E-state index in [0.717, 1.165) is 42.0 Å². The van der Waals surface area contributed by atoms with E-state index in [-0.39, 0.29) is 33.6 Å². The molecule has 3 aliphatic rings. The first-order chi connectivity index (χ1) is 17.2. The lowest BCUT2D eigenvalue weighted by molar-refractivity contribution is -0.588. The topological polar surface area (TPSA) is 107 Å². The van der Waals surface area contributed by atoms with E-state index in [1.807, 2.05) is 6.92 Å². The molecule has 1 saturated carbocycles. The van der Waals surface area contributed by atoms with E-state index < -0.39 is 33.5 Å². The maximum Gasteiger partial charge on any atom is 0.336 e. The summed E-state index contributed by atoms with van der Waals surface area (Å²) in [7, 11) is -4.25. The summed E-state index contributed by atoms with van der Waals surface area (Å²) >= 11 is 0. The Labute approximate surface area is 211 Å². The van der Waals surface area contributed by atoms with Crippen LogP contribution in [0.5, 0.6) is 0 Å². The number of rotatable bonds is 6. The highest BCUT2D eigenvalue weighted by Crippen LogP contribution is 2.60. The van der Waals surface area contributed by atoms with Crippen molar-refractivity contribution in [2.45, 2.75) is 62.4 Å². The van der Waals surface area contributed by atoms with Gasteiger partial charge < -0.3 is 4.74 Å². The van der Waals surface area contributed by atoms with Crippen molar-refractivity contribution in [1.29, 1.82) is 0 Å². The van der Waals surface area contributed by atoms with E-state index in [1.54, 1.807) is 49.4 Å². The molecule has 190 valence electrons. The normalized spacial score (nSPS) is 25.7. The molecular weight excluding hydrogens is 480 g/mol. The molecule has 2 aliphatic carbocycles. The summed E-state index contributed by atoms with van der Waals surface area (Å²) in [5.41, 5.74) is -0.285. The number of sulfonamides is 1. The minimum Gasteiger partial charge on any atom is -0.463 e. The summed E-state index contributed by atoms with van der Waals surface area (Å²) < 4.78 is 34.7. The molecule has 0 bridgehead atoms. The Balaban J connectivity index is 1.78. The predicted molar refractivity (Wildman–Crippen MR) is 135 cm³/mol. The second kappa shape index (κ2) is 9.03. The third kappa shape index (κ3) is 3.47. The molecule has 3 atom stereocenters. The van der Waals surface area contributed by atoms with Gasteiger partial charge >= 0.3 is 5.97 Å². The number of ether oxygens (including phenoxy) is 1. The third-order valence-corrected chi connectivity index (χ3v) is 9.73. The standard InChI is InChI=1S/C27H30N2O6S/c1-3-35-26(30)21-17-23(19-9-5-4-6-10-19)27(29(31)32)22-11-7-8-12-24(22)28(25(21)27)36(33,34)20-15-13-18(2)14-16-20/h7-8,11-17,19,23,25H,3-6,9-10H2,1-2H3/t23-,25+,27-/m0/s1. The summed E-state index contributed by atoms with van der Waals surface area (Å²) in [4.78, 5) is 26.1. The molecular formula is C27H30N2O6S. The summed E-state index contributed by atoms with van der Waals surface area (Å²) in [5, 5.41) is 13.2. The fraction of sp³-hybridized carbons (Fsp3) is 0.444. The highest BCUT2D eigenvalue weighted by atomic mass is 32.2. The lowest BCUT2D eigenvalue weighted by Crippen LogP contribution is -2.55. The maximum atomic E-state index is 14.1. The van der Waals surface area contributed by atoms with E-state index in [9.17, 15) is 23.3 Å². The smallest absolute Gasteiger partial charge is 0.336 e. The van der Waals surface area contributed by atoms with Crippen LogP contribution in [0.3, 0.4) is 0 Å². The van der Waals surface area contributed by atoms with Gasteiger partial charge in [0.1, 0.15) is 0 Å². The summed E-state index contributed by atoms with van der Waals surface area (Å²) in [5.74, 6) is -1.37. The summed E-state index contributed by atoms with van der Waals surface area (Å²) in [6, 6.07) is 11.7. The van der Waals surface area contributed by atoms with Crippen molar-refractivity contribution in [1.82, 2.24) is 0 Å². The highest BCUT2D eigenvalue weighted by molar-refractivity contribution is 7.93. The Morgan fingerprint density at radius 1 is 1.11 bits per heavy atom. The van der Waals surface area contributed by atoms with Gasteiger partial charge in [-0.1, -0.05) is 55.2 Å². The van der Waals surface area contributed by atoms with Crippen LogP contribution in [0.4, 0.5) is 5.69 Å². The van der Waals surface area contributed by atoms with Gasteiger partial charge in [0, 0.05) is 4.92 Å². The average Bonchev–Trinajstić information content (AvgIpc) is 3.37. The second-order valence-corrected chi connectivity index (χ2v) is 11.7. The van der Waals surface area contributed by atoms with E-state index in [4.69, 9.17) is 4.74 Å². The van der Waals surface area contributed by atoms with Gasteiger partial charge in [-0.15, -0.1) is 0 Å². The van der Waals surface area contributed by atoms with E-state index >= 15 is 0 Å². The molecule has 0 spiro atoms. The zero-order chi connectivity index (χ0) is 25.7. The van der Waals surface area contributed by atoms with Gasteiger partial charge in [0.25, 0.3) is 15.6 Å². The number of anilines is 1. The van der Waals surface area contributed by atoms with Crippen LogP contribution in [0.15, 0.2) is 65.1 Å². The van der Waals surface area contributed by atoms with Crippen LogP contribution in [0.25, 0.3) is 0 Å². The molecule has 0 unspecified atom stereocenters. The molecule has 2 aromatic carbocycles. The quantitative estimate of drug-likeness (QED) is 0.316. The number of carbonyl (C=O) groups excluding carboxylic acids is 1. The van der Waals surface area contributed by atoms with E-state index in [0.29, 0.717) is 5.56 Å². The van der Waals surface area contributed by atoms with Gasteiger partial charge in [-0.2, -0.15) is 0 Å². The first-order valence-electron chi connectivity index (χ1n) is 12.5. The summed E-state index contributed by atoms with van der Waals surface area (Å²) in [6.45, 7) is 3.60. The zero-order valence-electron chi connectivity index (χ0n) is 20.4. The molecule has 0 radical (unpaired) electrons. The zero-order valence-corrected chi connectivity index (χ0v) is 21.2. The number of esters is 1. The van der Waals surface area contributed by atoms with Crippen LogP contribution < -0.4 is 4.31 Å². The van der Waals surface area contributed by atoms with Gasteiger partial charge in [0.2, 0.25) is 0 Å². The molecule has 0 saturated heterocycles. The lowest BCUT2D eigenvalue weighted by atomic mass is 9.69. The number of nitrogens with zero attached hydrogens (tertiary/aromatic N) is 2. The van der Waals surface area contributed by atoms with Crippen LogP contribution in [-0.4, -0.2) is 32.0 Å². The van der Waals surface area contributed by atoms with Crippen molar-refractivity contribution >= 4 is 21.7 Å². The number of aryl methyl sites for hydroxylation is 1. The average molecular weight is 511 g/mol. The minimum absolute atomic E-state index is 0.0198. The van der Waals surface area contributed by atoms with Crippen molar-refractivity contribution < 1.29 is 22.9 Å². The monoisotopic (exact) mass is 510 g/mol. The Bertz CT molecular complexity index is 1330. The van der Waals surface area contributed by atoms with Crippen molar-refractivity contribution in [2.24, 2.45) is 11.8 Å². The maximum absolute atomic E-state index is 14.1. The first kappa shape index (κ1) is 24.5. The molecule has 1 aliphatic heterocycles. The highest BCUT2D eigenvalue weighted by Gasteiger charge is 2.73. The molecule has 2 aromatic rings. The van der Waals surface area contributed by atoms with Crippen LogP contribution in [-0.2, 0) is 25.1 Å². The van der Waals surface area contributed by atoms with Crippen LogP contribution in [0.2, 0.25) is 0 Å². The minimum atomic E-state index is -4.25. The molecule has 36 heavy (non-hydrogen) atoms. The van der Waals surface area contributed by atoms with E-state index in [1.165, 1.54) is 12.1 Å². The van der Waals surface area contributed by atoms with Gasteiger partial charge in [0.05, 0.1) is 34.2 Å². The predicted octanol–water partition coefficient (Wildman–Crippen LogP) is 4.74. The SMILES string of the molecule is CCOC(=O)C1=C[C@@H](C2CCCCC2)[C@@]2([N+](=O)[O-])c3ccccc3N(S(=O)(=O)c3ccc(C)cc3)[C@H]12. The van der Waals surface area contributed by atoms with Crippen molar-refractivity contribution in [2.75, 3.05) is 10.9 Å². The number of nitro groups is 1. The number of fused-ring (bicyclic) bond motifs is 3. The Morgan fingerprint density at radius 3 is 2.42 bits per heavy atom. The van der Waals surface area contributed by atoms with Crippen molar-refractivity contribution in [3.63, 3.8) is 0 Å². The largest absolute Gasteiger partial charge is 0.463 e. The Hall–Kier alpha value is -3.20. The molecule has 1 heterocycles. The van der Waals surface area contributed by atoms with Crippen LogP contribution in [0, 0.1) is 28.9 Å². The Morgan fingerprint density at radius 2 is 1.78 bits per heavy atom. The Kier molecular flexibility index (Phi) is 6.14. The summed E-state index contributed by atoms with van der Waals surface area (Å²) in [6.07, 6.45) is 6.23. The fourth-order valence-corrected chi connectivity index (χ4v) is 8.08. The number of para-hydroxylation sites is 1. The number of benzene rings is 2. The number of hydrogen-bond donors (Lipinski definition) is 0. The van der Waals surface area contributed by atoms with Crippen molar-refractivity contribution in [3.05, 3.63) is 81.4 Å². The number of carbonyl (C=O) groups is 1. The molecule has 0 N–H and O–H groups in total. The van der Waals surface area contributed by atoms with Gasteiger partial charge in [0.15, 0.2) is 6.04 Å². The van der Waals surface area contributed by atoms with Crippen LogP contribution >= 0.6 is 0 Å². The van der Waals surface area contributed by atoms with Gasteiger partial charge in [-0.05, 0) is 56.9 Å². The molecule has 9 heteroatoms. The first-order valence-corrected chi connectivity index (χ1v) is 13.9.